The molecule has 1 unspecified atom stereocenters. The monoisotopic (exact) mass is 212 g/mol. The summed E-state index contributed by atoms with van der Waals surface area (Å²) in [6.45, 7) is 2.26. The van der Waals surface area contributed by atoms with E-state index in [0.29, 0.717) is 6.04 Å². The van der Waals surface area contributed by atoms with Crippen LogP contribution >= 0.6 is 0 Å². The zero-order valence-electron chi connectivity index (χ0n) is 10.3. The second-order valence-electron chi connectivity index (χ2n) is 5.02. The molecular weight excluding hydrogens is 184 g/mol. The Morgan fingerprint density at radius 1 is 1.13 bits per heavy atom. The molecule has 0 aromatic rings. The van der Waals surface area contributed by atoms with Crippen LogP contribution in [0.2, 0.25) is 0 Å². The normalized spacial score (nSPS) is 22.0. The second-order valence-corrected chi connectivity index (χ2v) is 5.02. The molecule has 2 heteroatoms. The maximum atomic E-state index is 5.68. The van der Waals surface area contributed by atoms with E-state index in [0.717, 1.165) is 5.92 Å². The molecule has 0 heterocycles. The summed E-state index contributed by atoms with van der Waals surface area (Å²) in [5, 5.41) is 0. The van der Waals surface area contributed by atoms with Gasteiger partial charge in [0.2, 0.25) is 0 Å². The molecule has 0 amide bonds. The van der Waals surface area contributed by atoms with Gasteiger partial charge in [-0.2, -0.15) is 0 Å². The minimum absolute atomic E-state index is 0.572. The Morgan fingerprint density at radius 2 is 1.73 bits per heavy atom. The van der Waals surface area contributed by atoms with Crippen molar-refractivity contribution in [2.45, 2.75) is 77.2 Å². The molecule has 0 aromatic heterocycles. The summed E-state index contributed by atoms with van der Waals surface area (Å²) in [6.07, 6.45) is 13.8. The fourth-order valence-corrected chi connectivity index (χ4v) is 2.77. The van der Waals surface area contributed by atoms with E-state index in [1.807, 2.05) is 0 Å². The molecule has 2 nitrogen and oxygen atoms in total. The van der Waals surface area contributed by atoms with Crippen LogP contribution in [0, 0.1) is 5.92 Å². The van der Waals surface area contributed by atoms with Crippen molar-refractivity contribution in [1.29, 1.82) is 0 Å². The quantitative estimate of drug-likeness (QED) is 0.541. The number of nitrogens with one attached hydrogen (secondary N) is 1. The zero-order chi connectivity index (χ0) is 10.9. The first-order valence-electron chi connectivity index (χ1n) is 6.84. The van der Waals surface area contributed by atoms with Gasteiger partial charge in [0, 0.05) is 6.04 Å². The third-order valence-corrected chi connectivity index (χ3v) is 3.80. The average molecular weight is 212 g/mol. The summed E-state index contributed by atoms with van der Waals surface area (Å²) in [5.74, 6) is 6.52. The van der Waals surface area contributed by atoms with Crippen LogP contribution in [0.3, 0.4) is 0 Å². The minimum atomic E-state index is 0.572. The molecule has 0 spiro atoms. The van der Waals surface area contributed by atoms with Crippen LogP contribution in [-0.4, -0.2) is 6.04 Å². The molecule has 0 aromatic carbocycles. The summed E-state index contributed by atoms with van der Waals surface area (Å²) < 4.78 is 0. The minimum Gasteiger partial charge on any atom is -0.271 e. The Bertz CT molecular complexity index is 139. The topological polar surface area (TPSA) is 38.0 Å². The maximum Gasteiger partial charge on any atom is 0.0238 e. The molecule has 1 aliphatic rings. The van der Waals surface area contributed by atoms with Gasteiger partial charge in [-0.05, 0) is 25.2 Å². The van der Waals surface area contributed by atoms with Gasteiger partial charge in [-0.1, -0.05) is 51.9 Å². The molecule has 1 aliphatic carbocycles. The van der Waals surface area contributed by atoms with E-state index < -0.39 is 0 Å². The number of hydrogen-bond acceptors (Lipinski definition) is 2. The molecule has 0 saturated heterocycles. The van der Waals surface area contributed by atoms with E-state index in [-0.39, 0.29) is 0 Å². The molecule has 0 aliphatic heterocycles. The van der Waals surface area contributed by atoms with Crippen molar-refractivity contribution in [3.63, 3.8) is 0 Å². The number of nitrogens with two attached hydrogens (primary N) is 1. The van der Waals surface area contributed by atoms with Gasteiger partial charge in [0.1, 0.15) is 0 Å². The molecule has 1 rings (SSSR count). The van der Waals surface area contributed by atoms with Crippen molar-refractivity contribution < 1.29 is 0 Å². The standard InChI is InChI=1S/C13H28N2/c1-2-3-11-13(15-14)12-9-7-5-4-6-8-10-12/h12-13,15H,2-11,14H2,1H3. The molecule has 90 valence electrons. The third-order valence-electron chi connectivity index (χ3n) is 3.80. The highest BCUT2D eigenvalue weighted by Gasteiger charge is 2.20. The lowest BCUT2D eigenvalue weighted by Gasteiger charge is -2.28. The van der Waals surface area contributed by atoms with Gasteiger partial charge < -0.3 is 0 Å². The van der Waals surface area contributed by atoms with Gasteiger partial charge in [0.15, 0.2) is 0 Å². The van der Waals surface area contributed by atoms with Crippen molar-refractivity contribution in [2.75, 3.05) is 0 Å². The summed E-state index contributed by atoms with van der Waals surface area (Å²) in [7, 11) is 0. The van der Waals surface area contributed by atoms with Crippen LogP contribution in [0.25, 0.3) is 0 Å². The van der Waals surface area contributed by atoms with E-state index in [1.165, 1.54) is 64.2 Å². The summed E-state index contributed by atoms with van der Waals surface area (Å²) in [6, 6.07) is 0.572. The van der Waals surface area contributed by atoms with E-state index in [2.05, 4.69) is 12.3 Å². The molecule has 1 saturated carbocycles. The van der Waals surface area contributed by atoms with Crippen molar-refractivity contribution in [1.82, 2.24) is 5.43 Å². The van der Waals surface area contributed by atoms with Crippen molar-refractivity contribution in [3.8, 4) is 0 Å². The highest BCUT2D eigenvalue weighted by atomic mass is 15.2. The second kappa shape index (κ2) is 8.12. The lowest BCUT2D eigenvalue weighted by atomic mass is 9.84. The van der Waals surface area contributed by atoms with Gasteiger partial charge >= 0.3 is 0 Å². The van der Waals surface area contributed by atoms with Gasteiger partial charge in [0.25, 0.3) is 0 Å². The van der Waals surface area contributed by atoms with Gasteiger partial charge in [0.05, 0.1) is 0 Å². The lowest BCUT2D eigenvalue weighted by Crippen LogP contribution is -2.41. The Kier molecular flexibility index (Phi) is 7.03. The Hall–Kier alpha value is -0.0800. The van der Waals surface area contributed by atoms with E-state index in [9.17, 15) is 0 Å². The van der Waals surface area contributed by atoms with Crippen LogP contribution in [-0.2, 0) is 0 Å². The van der Waals surface area contributed by atoms with Crippen LogP contribution in [0.4, 0.5) is 0 Å². The largest absolute Gasteiger partial charge is 0.271 e. The maximum absolute atomic E-state index is 5.68. The number of unbranched alkanes of at least 4 members (excludes halogenated alkanes) is 1. The van der Waals surface area contributed by atoms with Crippen LogP contribution in [0.5, 0.6) is 0 Å². The summed E-state index contributed by atoms with van der Waals surface area (Å²) >= 11 is 0. The van der Waals surface area contributed by atoms with Crippen LogP contribution < -0.4 is 11.3 Å². The van der Waals surface area contributed by atoms with E-state index in [4.69, 9.17) is 5.84 Å². The fraction of sp³-hybridized carbons (Fsp3) is 1.00. The number of hydrogen-bond donors (Lipinski definition) is 2. The van der Waals surface area contributed by atoms with Crippen LogP contribution in [0.1, 0.15) is 71.1 Å². The van der Waals surface area contributed by atoms with E-state index >= 15 is 0 Å². The first-order chi connectivity index (χ1) is 7.38. The molecule has 1 atom stereocenters. The highest BCUT2D eigenvalue weighted by molar-refractivity contribution is 4.76. The van der Waals surface area contributed by atoms with E-state index in [1.54, 1.807) is 0 Å². The molecule has 3 N–H and O–H groups in total. The molecule has 0 bridgehead atoms. The predicted octanol–water partition coefficient (Wildman–Crippen LogP) is 3.37. The van der Waals surface area contributed by atoms with Gasteiger partial charge in [-0.3, -0.25) is 11.3 Å². The number of rotatable bonds is 5. The summed E-state index contributed by atoms with van der Waals surface area (Å²) in [4.78, 5) is 0. The van der Waals surface area contributed by atoms with Crippen LogP contribution in [0.15, 0.2) is 0 Å². The fourth-order valence-electron chi connectivity index (χ4n) is 2.77. The molecule has 15 heavy (non-hydrogen) atoms. The lowest BCUT2D eigenvalue weighted by molar-refractivity contribution is 0.271. The molecule has 1 fully saturated rings. The smallest absolute Gasteiger partial charge is 0.0238 e. The molecule has 0 radical (unpaired) electrons. The average Bonchev–Trinajstić information content (AvgIpc) is 2.21. The third kappa shape index (κ3) is 4.98. The first kappa shape index (κ1) is 13.0. The SMILES string of the molecule is CCCCC(NN)C1CCCCCCC1. The summed E-state index contributed by atoms with van der Waals surface area (Å²) in [5.41, 5.74) is 3.05. The Labute approximate surface area is 95.0 Å². The Balaban J connectivity index is 2.33. The number of hydrazine groups is 1. The highest BCUT2D eigenvalue weighted by Crippen LogP contribution is 2.26. The molecular formula is C13H28N2. The predicted molar refractivity (Wildman–Crippen MR) is 66.4 cm³/mol. The van der Waals surface area contributed by atoms with Gasteiger partial charge in [-0.15, -0.1) is 0 Å². The Morgan fingerprint density at radius 3 is 2.27 bits per heavy atom. The van der Waals surface area contributed by atoms with Crippen molar-refractivity contribution >= 4 is 0 Å². The zero-order valence-corrected chi connectivity index (χ0v) is 10.3. The first-order valence-corrected chi connectivity index (χ1v) is 6.84. The van der Waals surface area contributed by atoms with Crippen molar-refractivity contribution in [3.05, 3.63) is 0 Å². The van der Waals surface area contributed by atoms with Gasteiger partial charge in [-0.25, -0.2) is 0 Å². The van der Waals surface area contributed by atoms with Crippen molar-refractivity contribution in [2.24, 2.45) is 11.8 Å².